The number of hydrogen-bond donors (Lipinski definition) is 2. The van der Waals surface area contributed by atoms with Gasteiger partial charge in [-0.3, -0.25) is 4.79 Å². The van der Waals surface area contributed by atoms with Crippen LogP contribution in [0, 0.1) is 0 Å². The van der Waals surface area contributed by atoms with Crippen LogP contribution >= 0.6 is 0 Å². The Hall–Kier alpha value is -1.29. The first kappa shape index (κ1) is 14.8. The molecule has 102 valence electrons. The van der Waals surface area contributed by atoms with Crippen LogP contribution in [-0.2, 0) is 17.9 Å². The predicted octanol–water partition coefficient (Wildman–Crippen LogP) is 1.90. The highest BCUT2D eigenvalue weighted by molar-refractivity contribution is 5.75. The number of nitrogens with one attached hydrogen (secondary N) is 2. The van der Waals surface area contributed by atoms with Gasteiger partial charge in [0.2, 0.25) is 5.91 Å². The Labute approximate surface area is 110 Å². The molecule has 0 saturated carbocycles. The fourth-order valence-electron chi connectivity index (χ4n) is 1.73. The highest BCUT2D eigenvalue weighted by atomic mass is 16.1. The van der Waals surface area contributed by atoms with Crippen LogP contribution < -0.4 is 10.6 Å². The summed E-state index contributed by atoms with van der Waals surface area (Å²) in [5, 5.41) is 6.26. The Balaban J connectivity index is 2.27. The van der Waals surface area contributed by atoms with E-state index in [1.165, 1.54) is 5.56 Å². The molecular weight excluding hydrogens is 226 g/mol. The molecule has 0 aromatic carbocycles. The van der Waals surface area contributed by atoms with Crippen LogP contribution in [0.2, 0.25) is 0 Å². The van der Waals surface area contributed by atoms with Crippen molar-refractivity contribution < 1.29 is 4.79 Å². The van der Waals surface area contributed by atoms with Crippen LogP contribution in [0.5, 0.6) is 0 Å². The lowest BCUT2D eigenvalue weighted by atomic mass is 10.3. The number of nitrogens with zero attached hydrogens (tertiary/aromatic N) is 1. The van der Waals surface area contributed by atoms with E-state index >= 15 is 0 Å². The molecule has 0 bridgehead atoms. The third kappa shape index (κ3) is 5.87. The van der Waals surface area contributed by atoms with Crippen molar-refractivity contribution in [2.45, 2.75) is 46.2 Å². The Kier molecular flexibility index (Phi) is 7.18. The summed E-state index contributed by atoms with van der Waals surface area (Å²) in [4.78, 5) is 11.6. The molecule has 1 heterocycles. The third-order valence-corrected chi connectivity index (χ3v) is 2.75. The largest absolute Gasteiger partial charge is 0.355 e. The Morgan fingerprint density at radius 2 is 2.11 bits per heavy atom. The van der Waals surface area contributed by atoms with Gasteiger partial charge in [0.15, 0.2) is 0 Å². The van der Waals surface area contributed by atoms with E-state index in [-0.39, 0.29) is 5.91 Å². The van der Waals surface area contributed by atoms with Gasteiger partial charge in [-0.15, -0.1) is 0 Å². The second-order valence-corrected chi connectivity index (χ2v) is 4.57. The fourth-order valence-corrected chi connectivity index (χ4v) is 1.73. The molecule has 0 radical (unpaired) electrons. The Bertz CT molecular complexity index is 347. The smallest absolute Gasteiger partial charge is 0.239 e. The number of amides is 1. The van der Waals surface area contributed by atoms with Gasteiger partial charge < -0.3 is 15.2 Å². The van der Waals surface area contributed by atoms with Crippen LogP contribution in [0.25, 0.3) is 0 Å². The van der Waals surface area contributed by atoms with Crippen LogP contribution in [0.4, 0.5) is 0 Å². The molecule has 0 fully saturated rings. The maximum Gasteiger partial charge on any atom is 0.239 e. The van der Waals surface area contributed by atoms with Crippen LogP contribution in [0.1, 0.15) is 38.7 Å². The van der Waals surface area contributed by atoms with Gasteiger partial charge in [-0.2, -0.15) is 0 Å². The van der Waals surface area contributed by atoms with Crippen molar-refractivity contribution in [3.8, 4) is 0 Å². The zero-order valence-corrected chi connectivity index (χ0v) is 11.5. The van der Waals surface area contributed by atoms with E-state index in [0.29, 0.717) is 6.54 Å². The Morgan fingerprint density at radius 1 is 1.28 bits per heavy atom. The summed E-state index contributed by atoms with van der Waals surface area (Å²) in [5.41, 5.74) is 1.23. The highest BCUT2D eigenvalue weighted by Gasteiger charge is 2.02. The zero-order chi connectivity index (χ0) is 13.2. The third-order valence-electron chi connectivity index (χ3n) is 2.75. The standard InChI is InChI=1S/C14H25N3O/c1-3-5-8-16-14(18)12-17-9-6-13(11-17)10-15-7-4-2/h6,9,11,15H,3-5,7-8,10,12H2,1-2H3,(H,16,18). The normalized spacial score (nSPS) is 10.6. The van der Waals surface area contributed by atoms with Gasteiger partial charge in [0.1, 0.15) is 6.54 Å². The molecular formula is C14H25N3O. The van der Waals surface area contributed by atoms with Gasteiger partial charge >= 0.3 is 0 Å². The summed E-state index contributed by atoms with van der Waals surface area (Å²) in [5.74, 6) is 0.0899. The molecule has 0 atom stereocenters. The van der Waals surface area contributed by atoms with Crippen molar-refractivity contribution in [2.75, 3.05) is 13.1 Å². The highest BCUT2D eigenvalue weighted by Crippen LogP contribution is 2.01. The van der Waals surface area contributed by atoms with Crippen molar-refractivity contribution in [1.29, 1.82) is 0 Å². The molecule has 1 rings (SSSR count). The number of unbranched alkanes of at least 4 members (excludes halogenated alkanes) is 1. The van der Waals surface area contributed by atoms with E-state index in [1.54, 1.807) is 0 Å². The topological polar surface area (TPSA) is 46.1 Å². The van der Waals surface area contributed by atoms with E-state index < -0.39 is 0 Å². The number of hydrogen-bond acceptors (Lipinski definition) is 2. The summed E-state index contributed by atoms with van der Waals surface area (Å²) in [6.07, 6.45) is 7.28. The maximum absolute atomic E-state index is 11.6. The molecule has 0 unspecified atom stereocenters. The minimum Gasteiger partial charge on any atom is -0.355 e. The molecule has 0 aliphatic rings. The predicted molar refractivity (Wildman–Crippen MR) is 74.3 cm³/mol. The number of aromatic nitrogens is 1. The second-order valence-electron chi connectivity index (χ2n) is 4.57. The Morgan fingerprint density at radius 3 is 2.83 bits per heavy atom. The van der Waals surface area contributed by atoms with E-state index in [0.717, 1.165) is 38.9 Å². The van der Waals surface area contributed by atoms with Gasteiger partial charge in [0, 0.05) is 25.5 Å². The number of carbonyl (C=O) groups excluding carboxylic acids is 1. The van der Waals surface area contributed by atoms with Crippen molar-refractivity contribution in [3.05, 3.63) is 24.0 Å². The van der Waals surface area contributed by atoms with Crippen molar-refractivity contribution in [2.24, 2.45) is 0 Å². The summed E-state index contributed by atoms with van der Waals surface area (Å²) in [6.45, 7) is 7.37. The van der Waals surface area contributed by atoms with Gasteiger partial charge in [0.05, 0.1) is 0 Å². The lowest BCUT2D eigenvalue weighted by Crippen LogP contribution is -2.27. The van der Waals surface area contributed by atoms with Gasteiger partial charge in [-0.25, -0.2) is 0 Å². The summed E-state index contributed by atoms with van der Waals surface area (Å²) < 4.78 is 1.93. The molecule has 0 aliphatic carbocycles. The van der Waals surface area contributed by atoms with Gasteiger partial charge in [-0.1, -0.05) is 20.3 Å². The van der Waals surface area contributed by atoms with Crippen LogP contribution in [0.3, 0.4) is 0 Å². The summed E-state index contributed by atoms with van der Waals surface area (Å²) in [6, 6.07) is 2.06. The van der Waals surface area contributed by atoms with Crippen LogP contribution in [-0.4, -0.2) is 23.6 Å². The lowest BCUT2D eigenvalue weighted by molar-refractivity contribution is -0.121. The molecule has 1 aromatic rings. The second kappa shape index (κ2) is 8.75. The van der Waals surface area contributed by atoms with Crippen molar-refractivity contribution >= 4 is 5.91 Å². The van der Waals surface area contributed by atoms with E-state index in [1.807, 2.05) is 17.0 Å². The van der Waals surface area contributed by atoms with Gasteiger partial charge in [0.25, 0.3) is 0 Å². The first-order valence-electron chi connectivity index (χ1n) is 6.88. The molecule has 18 heavy (non-hydrogen) atoms. The molecule has 1 aromatic heterocycles. The number of rotatable bonds is 9. The van der Waals surface area contributed by atoms with Crippen LogP contribution in [0.15, 0.2) is 18.5 Å². The average molecular weight is 251 g/mol. The maximum atomic E-state index is 11.6. The van der Waals surface area contributed by atoms with Crippen molar-refractivity contribution in [1.82, 2.24) is 15.2 Å². The molecule has 1 amide bonds. The number of carbonyl (C=O) groups is 1. The lowest BCUT2D eigenvalue weighted by Gasteiger charge is -2.05. The summed E-state index contributed by atoms with van der Waals surface area (Å²) >= 11 is 0. The first-order valence-corrected chi connectivity index (χ1v) is 6.88. The van der Waals surface area contributed by atoms with Gasteiger partial charge in [-0.05, 0) is 31.0 Å². The van der Waals surface area contributed by atoms with E-state index in [4.69, 9.17) is 0 Å². The molecule has 4 heteroatoms. The van der Waals surface area contributed by atoms with Crippen molar-refractivity contribution in [3.63, 3.8) is 0 Å². The summed E-state index contributed by atoms with van der Waals surface area (Å²) in [7, 11) is 0. The molecule has 0 aliphatic heterocycles. The monoisotopic (exact) mass is 251 g/mol. The van der Waals surface area contributed by atoms with E-state index in [9.17, 15) is 4.79 Å². The first-order chi connectivity index (χ1) is 8.76. The molecule has 2 N–H and O–H groups in total. The minimum absolute atomic E-state index is 0.0899. The van der Waals surface area contributed by atoms with E-state index in [2.05, 4.69) is 30.5 Å². The quantitative estimate of drug-likeness (QED) is 0.659. The minimum atomic E-state index is 0.0899. The molecule has 0 spiro atoms. The fraction of sp³-hybridized carbons (Fsp3) is 0.643. The molecule has 4 nitrogen and oxygen atoms in total. The molecule has 0 saturated heterocycles. The zero-order valence-electron chi connectivity index (χ0n) is 11.5. The SMILES string of the molecule is CCCCNC(=O)Cn1ccc(CNCCC)c1. The average Bonchev–Trinajstić information content (AvgIpc) is 2.77.